The van der Waals surface area contributed by atoms with Crippen LogP contribution in [0.15, 0.2) is 10.8 Å². The molecule has 1 saturated carbocycles. The van der Waals surface area contributed by atoms with Crippen molar-refractivity contribution in [2.45, 2.75) is 38.0 Å². The molecule has 0 atom stereocenters. The first-order chi connectivity index (χ1) is 8.16. The molecule has 1 aromatic heterocycles. The molecule has 1 heterocycles. The first-order valence-corrected chi connectivity index (χ1v) is 7.50. The van der Waals surface area contributed by atoms with E-state index in [9.17, 15) is 4.79 Å². The number of alkyl halides is 1. The van der Waals surface area contributed by atoms with Crippen LogP contribution in [0.5, 0.6) is 0 Å². The van der Waals surface area contributed by atoms with Crippen molar-refractivity contribution in [1.29, 1.82) is 0 Å². The topological polar surface area (TPSA) is 29.1 Å². The SMILES string of the molecule is Cc1cscc1C(=O)NCC1CCC(Cl)CC1. The molecule has 2 rings (SSSR count). The van der Waals surface area contributed by atoms with Gasteiger partial charge in [-0.15, -0.1) is 11.6 Å². The van der Waals surface area contributed by atoms with Gasteiger partial charge in [0.25, 0.3) is 5.91 Å². The first-order valence-electron chi connectivity index (χ1n) is 6.12. The van der Waals surface area contributed by atoms with Gasteiger partial charge in [0.15, 0.2) is 0 Å². The summed E-state index contributed by atoms with van der Waals surface area (Å²) in [5, 5.41) is 7.31. The average molecular weight is 272 g/mol. The van der Waals surface area contributed by atoms with Gasteiger partial charge in [-0.05, 0) is 49.5 Å². The monoisotopic (exact) mass is 271 g/mol. The lowest BCUT2D eigenvalue weighted by molar-refractivity contribution is 0.0943. The van der Waals surface area contributed by atoms with Gasteiger partial charge in [-0.1, -0.05) is 0 Å². The summed E-state index contributed by atoms with van der Waals surface area (Å²) >= 11 is 7.64. The predicted molar refractivity (Wildman–Crippen MR) is 73.0 cm³/mol. The number of nitrogens with one attached hydrogen (secondary N) is 1. The lowest BCUT2D eigenvalue weighted by atomic mass is 9.89. The maximum absolute atomic E-state index is 11.9. The van der Waals surface area contributed by atoms with Crippen molar-refractivity contribution in [3.8, 4) is 0 Å². The quantitative estimate of drug-likeness (QED) is 0.837. The summed E-state index contributed by atoms with van der Waals surface area (Å²) < 4.78 is 0. The number of halogens is 1. The Morgan fingerprint density at radius 3 is 2.71 bits per heavy atom. The summed E-state index contributed by atoms with van der Waals surface area (Å²) in [5.41, 5.74) is 1.89. The molecule has 0 unspecified atom stereocenters. The molecule has 17 heavy (non-hydrogen) atoms. The van der Waals surface area contributed by atoms with Gasteiger partial charge >= 0.3 is 0 Å². The molecule has 1 N–H and O–H groups in total. The molecule has 1 aromatic rings. The van der Waals surface area contributed by atoms with E-state index in [-0.39, 0.29) is 5.91 Å². The van der Waals surface area contributed by atoms with Crippen molar-refractivity contribution in [3.05, 3.63) is 21.9 Å². The molecule has 1 aliphatic carbocycles. The number of hydrogen-bond donors (Lipinski definition) is 1. The van der Waals surface area contributed by atoms with E-state index in [2.05, 4.69) is 5.32 Å². The zero-order valence-electron chi connectivity index (χ0n) is 10.0. The second-order valence-corrected chi connectivity index (χ2v) is 6.16. The van der Waals surface area contributed by atoms with Gasteiger partial charge in [0.2, 0.25) is 0 Å². The van der Waals surface area contributed by atoms with Crippen LogP contribution in [-0.4, -0.2) is 17.8 Å². The van der Waals surface area contributed by atoms with Crippen LogP contribution in [0.1, 0.15) is 41.6 Å². The second kappa shape index (κ2) is 5.87. The molecule has 0 aliphatic heterocycles. The van der Waals surface area contributed by atoms with E-state index in [0.717, 1.165) is 43.4 Å². The second-order valence-electron chi connectivity index (χ2n) is 4.80. The van der Waals surface area contributed by atoms with E-state index in [4.69, 9.17) is 11.6 Å². The number of rotatable bonds is 3. The third-order valence-corrected chi connectivity index (χ3v) is 4.73. The van der Waals surface area contributed by atoms with Crippen molar-refractivity contribution in [2.75, 3.05) is 6.54 Å². The molecule has 0 radical (unpaired) electrons. The highest BCUT2D eigenvalue weighted by molar-refractivity contribution is 7.08. The van der Waals surface area contributed by atoms with E-state index >= 15 is 0 Å². The average Bonchev–Trinajstić information content (AvgIpc) is 2.74. The molecule has 1 aliphatic rings. The Morgan fingerprint density at radius 2 is 2.12 bits per heavy atom. The molecule has 0 aromatic carbocycles. The third kappa shape index (κ3) is 3.46. The highest BCUT2D eigenvalue weighted by Crippen LogP contribution is 2.27. The predicted octanol–water partition coefficient (Wildman–Crippen LogP) is 3.58. The normalized spacial score (nSPS) is 24.6. The van der Waals surface area contributed by atoms with Crippen molar-refractivity contribution < 1.29 is 4.79 Å². The summed E-state index contributed by atoms with van der Waals surface area (Å²) in [4.78, 5) is 11.9. The lowest BCUT2D eigenvalue weighted by Crippen LogP contribution is -2.31. The molecule has 94 valence electrons. The molecule has 2 nitrogen and oxygen atoms in total. The standard InChI is InChI=1S/C13H18ClNOS/c1-9-7-17-8-12(9)13(16)15-6-10-2-4-11(14)5-3-10/h7-8,10-11H,2-6H2,1H3,(H,15,16). The first kappa shape index (κ1) is 12.9. The fourth-order valence-corrected chi connectivity index (χ4v) is 3.33. The van der Waals surface area contributed by atoms with Crippen LogP contribution in [0.4, 0.5) is 0 Å². The van der Waals surface area contributed by atoms with Crippen LogP contribution in [0, 0.1) is 12.8 Å². The number of thiophene rings is 1. The minimum atomic E-state index is 0.0664. The van der Waals surface area contributed by atoms with Crippen LogP contribution in [0.3, 0.4) is 0 Å². The molecule has 1 amide bonds. The minimum Gasteiger partial charge on any atom is -0.352 e. The maximum atomic E-state index is 11.9. The van der Waals surface area contributed by atoms with Gasteiger partial charge in [-0.25, -0.2) is 0 Å². The van der Waals surface area contributed by atoms with Crippen LogP contribution in [0.25, 0.3) is 0 Å². The molecular formula is C13H18ClNOS. The number of hydrogen-bond acceptors (Lipinski definition) is 2. The summed E-state index contributed by atoms with van der Waals surface area (Å²) in [6.45, 7) is 2.77. The zero-order valence-corrected chi connectivity index (χ0v) is 11.6. The van der Waals surface area contributed by atoms with Crippen molar-refractivity contribution >= 4 is 28.8 Å². The van der Waals surface area contributed by atoms with Gasteiger partial charge in [-0.3, -0.25) is 4.79 Å². The summed E-state index contributed by atoms with van der Waals surface area (Å²) in [6.07, 6.45) is 4.44. The van der Waals surface area contributed by atoms with E-state index in [1.807, 2.05) is 17.7 Å². The van der Waals surface area contributed by atoms with E-state index in [1.165, 1.54) is 0 Å². The minimum absolute atomic E-state index is 0.0664. The Bertz CT molecular complexity index is 383. The lowest BCUT2D eigenvalue weighted by Gasteiger charge is -2.25. The summed E-state index contributed by atoms with van der Waals surface area (Å²) in [5.74, 6) is 0.671. The van der Waals surface area contributed by atoms with E-state index in [1.54, 1.807) is 11.3 Å². The van der Waals surface area contributed by atoms with Crippen LogP contribution < -0.4 is 5.32 Å². The molecular weight excluding hydrogens is 254 g/mol. The van der Waals surface area contributed by atoms with Crippen molar-refractivity contribution in [2.24, 2.45) is 5.92 Å². The van der Waals surface area contributed by atoms with E-state index in [0.29, 0.717) is 11.3 Å². The largest absolute Gasteiger partial charge is 0.352 e. The number of carbonyl (C=O) groups excluding carboxylic acids is 1. The molecule has 4 heteroatoms. The number of aryl methyl sites for hydroxylation is 1. The summed E-state index contributed by atoms with van der Waals surface area (Å²) in [6, 6.07) is 0. The highest BCUT2D eigenvalue weighted by Gasteiger charge is 2.20. The van der Waals surface area contributed by atoms with Crippen molar-refractivity contribution in [3.63, 3.8) is 0 Å². The molecule has 0 saturated heterocycles. The molecule has 1 fully saturated rings. The Hall–Kier alpha value is -0.540. The molecule has 0 bridgehead atoms. The van der Waals surface area contributed by atoms with Gasteiger partial charge in [0.1, 0.15) is 0 Å². The summed E-state index contributed by atoms with van der Waals surface area (Å²) in [7, 11) is 0. The van der Waals surface area contributed by atoms with Gasteiger partial charge in [-0.2, -0.15) is 11.3 Å². The number of amides is 1. The van der Waals surface area contributed by atoms with Crippen LogP contribution in [0.2, 0.25) is 0 Å². The Balaban J connectivity index is 1.79. The van der Waals surface area contributed by atoms with Gasteiger partial charge < -0.3 is 5.32 Å². The van der Waals surface area contributed by atoms with Crippen LogP contribution in [-0.2, 0) is 0 Å². The third-order valence-electron chi connectivity index (χ3n) is 3.43. The fourth-order valence-electron chi connectivity index (χ4n) is 2.25. The highest BCUT2D eigenvalue weighted by atomic mass is 35.5. The zero-order chi connectivity index (χ0) is 12.3. The Kier molecular flexibility index (Phi) is 4.46. The molecule has 0 spiro atoms. The smallest absolute Gasteiger partial charge is 0.252 e. The van der Waals surface area contributed by atoms with E-state index < -0.39 is 0 Å². The van der Waals surface area contributed by atoms with Gasteiger partial charge in [0.05, 0.1) is 5.56 Å². The van der Waals surface area contributed by atoms with Gasteiger partial charge in [0, 0.05) is 17.3 Å². The Labute approximate surface area is 111 Å². The number of carbonyl (C=O) groups is 1. The maximum Gasteiger partial charge on any atom is 0.252 e. The fraction of sp³-hybridized carbons (Fsp3) is 0.615. The van der Waals surface area contributed by atoms with Crippen molar-refractivity contribution in [1.82, 2.24) is 5.32 Å². The van der Waals surface area contributed by atoms with Crippen LogP contribution >= 0.6 is 22.9 Å². The Morgan fingerprint density at radius 1 is 1.41 bits per heavy atom.